The lowest BCUT2D eigenvalue weighted by Gasteiger charge is -2.13. The molecule has 1 aromatic carbocycles. The molecule has 7 heteroatoms. The molecule has 6 nitrogen and oxygen atoms in total. The van der Waals surface area contributed by atoms with Crippen molar-refractivity contribution >= 4 is 10.0 Å². The van der Waals surface area contributed by atoms with Gasteiger partial charge in [-0.1, -0.05) is 5.16 Å². The molecule has 0 saturated carbocycles. The van der Waals surface area contributed by atoms with Gasteiger partial charge in [0, 0.05) is 19.0 Å². The fourth-order valence-corrected chi connectivity index (χ4v) is 3.33. The van der Waals surface area contributed by atoms with E-state index < -0.39 is 10.0 Å². The van der Waals surface area contributed by atoms with E-state index in [1.165, 1.54) is 7.11 Å². The molecule has 1 heterocycles. The lowest BCUT2D eigenvalue weighted by atomic mass is 10.1. The van der Waals surface area contributed by atoms with Crippen molar-refractivity contribution in [3.63, 3.8) is 0 Å². The summed E-state index contributed by atoms with van der Waals surface area (Å²) in [6.45, 7) is 5.81. The van der Waals surface area contributed by atoms with Crippen molar-refractivity contribution in [1.29, 1.82) is 0 Å². The van der Waals surface area contributed by atoms with Crippen LogP contribution >= 0.6 is 0 Å². The van der Waals surface area contributed by atoms with Gasteiger partial charge in [0.15, 0.2) is 0 Å². The molecular weight excluding hydrogens is 304 g/mol. The van der Waals surface area contributed by atoms with Crippen LogP contribution in [0.3, 0.4) is 0 Å². The van der Waals surface area contributed by atoms with Crippen LogP contribution in [-0.2, 0) is 16.4 Å². The first-order valence-electron chi connectivity index (χ1n) is 6.90. The molecule has 0 aliphatic rings. The summed E-state index contributed by atoms with van der Waals surface area (Å²) in [5.74, 6) is 1.04. The second kappa shape index (κ2) is 6.50. The predicted molar refractivity (Wildman–Crippen MR) is 82.6 cm³/mol. The summed E-state index contributed by atoms with van der Waals surface area (Å²) in [6, 6.07) is 5.13. The molecule has 120 valence electrons. The van der Waals surface area contributed by atoms with Crippen LogP contribution in [0.2, 0.25) is 0 Å². The Hall–Kier alpha value is -1.86. The van der Waals surface area contributed by atoms with Crippen LogP contribution in [0.25, 0.3) is 0 Å². The van der Waals surface area contributed by atoms with Crippen LogP contribution in [0.5, 0.6) is 5.75 Å². The molecule has 2 rings (SSSR count). The Morgan fingerprint density at radius 3 is 2.45 bits per heavy atom. The lowest BCUT2D eigenvalue weighted by Crippen LogP contribution is -2.26. The number of ether oxygens (including phenoxy) is 1. The molecule has 22 heavy (non-hydrogen) atoms. The maximum Gasteiger partial charge on any atom is 0.244 e. The molecule has 0 saturated heterocycles. The molecule has 1 N–H and O–H groups in total. The number of hydrogen-bond acceptors (Lipinski definition) is 5. The number of methoxy groups -OCH3 is 1. The molecule has 0 aliphatic carbocycles. The lowest BCUT2D eigenvalue weighted by molar-refractivity contribution is 0.390. The van der Waals surface area contributed by atoms with Gasteiger partial charge in [-0.25, -0.2) is 13.1 Å². The fourth-order valence-electron chi connectivity index (χ4n) is 2.06. The number of hydrogen-bond donors (Lipinski definition) is 1. The van der Waals surface area contributed by atoms with Crippen LogP contribution in [0.15, 0.2) is 27.6 Å². The van der Waals surface area contributed by atoms with Gasteiger partial charge in [-0.3, -0.25) is 0 Å². The summed E-state index contributed by atoms with van der Waals surface area (Å²) in [4.78, 5) is 0.148. The van der Waals surface area contributed by atoms with Gasteiger partial charge in [0.1, 0.15) is 16.4 Å². The number of benzene rings is 1. The normalized spacial score (nSPS) is 11.6. The van der Waals surface area contributed by atoms with E-state index in [2.05, 4.69) is 9.88 Å². The highest BCUT2D eigenvalue weighted by atomic mass is 32.2. The number of aromatic nitrogens is 1. The molecule has 1 aromatic heterocycles. The van der Waals surface area contributed by atoms with E-state index in [1.54, 1.807) is 25.1 Å². The van der Waals surface area contributed by atoms with Crippen molar-refractivity contribution in [3.8, 4) is 5.75 Å². The van der Waals surface area contributed by atoms with Gasteiger partial charge < -0.3 is 9.26 Å². The van der Waals surface area contributed by atoms with Crippen molar-refractivity contribution in [2.45, 2.75) is 32.1 Å². The van der Waals surface area contributed by atoms with E-state index in [0.717, 1.165) is 11.1 Å². The molecule has 0 bridgehead atoms. The molecule has 2 aromatic rings. The molecule has 0 amide bonds. The Labute approximate surface area is 130 Å². The van der Waals surface area contributed by atoms with Crippen molar-refractivity contribution in [2.24, 2.45) is 0 Å². The molecule has 0 atom stereocenters. The fraction of sp³-hybridized carbons (Fsp3) is 0.400. The smallest absolute Gasteiger partial charge is 0.244 e. The minimum Gasteiger partial charge on any atom is -0.495 e. The molecular formula is C15H20N2O4S. The van der Waals surface area contributed by atoms with Crippen molar-refractivity contribution in [1.82, 2.24) is 9.88 Å². The monoisotopic (exact) mass is 324 g/mol. The summed E-state index contributed by atoms with van der Waals surface area (Å²) in [5.41, 5.74) is 2.59. The largest absolute Gasteiger partial charge is 0.495 e. The van der Waals surface area contributed by atoms with Gasteiger partial charge in [0.05, 0.1) is 12.8 Å². The van der Waals surface area contributed by atoms with Crippen LogP contribution in [-0.4, -0.2) is 27.2 Å². The Balaban J connectivity index is 2.14. The minimum atomic E-state index is -3.64. The molecule has 0 fully saturated rings. The second-order valence-electron chi connectivity index (χ2n) is 5.16. The zero-order chi connectivity index (χ0) is 16.3. The Morgan fingerprint density at radius 2 is 1.86 bits per heavy atom. The first-order chi connectivity index (χ1) is 10.3. The number of sulfonamides is 1. The van der Waals surface area contributed by atoms with Gasteiger partial charge in [0.25, 0.3) is 0 Å². The molecule has 0 unspecified atom stereocenters. The number of nitrogens with zero attached hydrogens (tertiary/aromatic N) is 1. The second-order valence-corrected chi connectivity index (χ2v) is 6.90. The molecule has 0 spiro atoms. The van der Waals surface area contributed by atoms with E-state index in [9.17, 15) is 8.42 Å². The zero-order valence-corrected chi connectivity index (χ0v) is 14.0. The zero-order valence-electron chi connectivity index (χ0n) is 13.1. The Kier molecular flexibility index (Phi) is 4.87. The van der Waals surface area contributed by atoms with Crippen LogP contribution < -0.4 is 9.46 Å². The number of aryl methyl sites for hydroxylation is 3. The first-order valence-corrected chi connectivity index (χ1v) is 8.39. The summed E-state index contributed by atoms with van der Waals surface area (Å²) in [5, 5.41) is 3.83. The van der Waals surface area contributed by atoms with E-state index >= 15 is 0 Å². The maximum absolute atomic E-state index is 12.4. The predicted octanol–water partition coefficient (Wildman–Crippen LogP) is 2.13. The topological polar surface area (TPSA) is 81.4 Å². The SMILES string of the molecule is COc1cc(C)c(C)cc1S(=O)(=O)NCCc1cc(C)on1. The van der Waals surface area contributed by atoms with Crippen LogP contribution in [0.1, 0.15) is 22.6 Å². The maximum atomic E-state index is 12.4. The quantitative estimate of drug-likeness (QED) is 0.880. The van der Waals surface area contributed by atoms with Crippen molar-refractivity contribution in [2.75, 3.05) is 13.7 Å². The highest BCUT2D eigenvalue weighted by Gasteiger charge is 2.20. The van der Waals surface area contributed by atoms with E-state index in [4.69, 9.17) is 9.26 Å². The third-order valence-electron chi connectivity index (χ3n) is 3.42. The van der Waals surface area contributed by atoms with Gasteiger partial charge >= 0.3 is 0 Å². The Bertz CT molecular complexity index is 766. The van der Waals surface area contributed by atoms with Crippen LogP contribution in [0, 0.1) is 20.8 Å². The summed E-state index contributed by atoms with van der Waals surface area (Å²) < 4.78 is 37.6. The van der Waals surface area contributed by atoms with Gasteiger partial charge in [0.2, 0.25) is 10.0 Å². The summed E-state index contributed by atoms with van der Waals surface area (Å²) in [7, 11) is -2.18. The van der Waals surface area contributed by atoms with Gasteiger partial charge in [-0.2, -0.15) is 0 Å². The van der Waals surface area contributed by atoms with Gasteiger partial charge in [-0.05, 0) is 44.0 Å². The minimum absolute atomic E-state index is 0.148. The average Bonchev–Trinajstić information content (AvgIpc) is 2.86. The Morgan fingerprint density at radius 1 is 1.18 bits per heavy atom. The summed E-state index contributed by atoms with van der Waals surface area (Å²) >= 11 is 0. The average molecular weight is 324 g/mol. The van der Waals surface area contributed by atoms with E-state index in [0.29, 0.717) is 23.6 Å². The molecule has 0 aliphatic heterocycles. The highest BCUT2D eigenvalue weighted by Crippen LogP contribution is 2.27. The number of nitrogens with one attached hydrogen (secondary N) is 1. The molecule has 0 radical (unpaired) electrons. The van der Waals surface area contributed by atoms with Gasteiger partial charge in [-0.15, -0.1) is 0 Å². The third kappa shape index (κ3) is 3.66. The van der Waals surface area contributed by atoms with Crippen molar-refractivity contribution < 1.29 is 17.7 Å². The first kappa shape index (κ1) is 16.5. The van der Waals surface area contributed by atoms with Crippen molar-refractivity contribution in [3.05, 3.63) is 40.8 Å². The van der Waals surface area contributed by atoms with E-state index in [-0.39, 0.29) is 11.4 Å². The standard InChI is InChI=1S/C15H20N2O4S/c1-10-7-14(20-4)15(8-11(10)2)22(18,19)16-6-5-13-9-12(3)21-17-13/h7-9,16H,5-6H2,1-4H3. The summed E-state index contributed by atoms with van der Waals surface area (Å²) in [6.07, 6.45) is 0.462. The highest BCUT2D eigenvalue weighted by molar-refractivity contribution is 7.89. The van der Waals surface area contributed by atoms with Crippen LogP contribution in [0.4, 0.5) is 0 Å². The van der Waals surface area contributed by atoms with E-state index in [1.807, 2.05) is 13.8 Å². The number of rotatable bonds is 6. The third-order valence-corrected chi connectivity index (χ3v) is 4.90.